The molecule has 30 heavy (non-hydrogen) atoms. The van der Waals surface area contributed by atoms with Gasteiger partial charge in [-0.25, -0.2) is 9.97 Å². The van der Waals surface area contributed by atoms with Crippen LogP contribution in [0.25, 0.3) is 27.9 Å². The lowest BCUT2D eigenvalue weighted by Gasteiger charge is -2.11. The van der Waals surface area contributed by atoms with Gasteiger partial charge >= 0.3 is 0 Å². The van der Waals surface area contributed by atoms with Crippen LogP contribution in [0.2, 0.25) is 0 Å². The summed E-state index contributed by atoms with van der Waals surface area (Å²) < 4.78 is 1.71. The van der Waals surface area contributed by atoms with E-state index in [0.717, 1.165) is 6.42 Å². The van der Waals surface area contributed by atoms with E-state index in [1.54, 1.807) is 28.8 Å². The summed E-state index contributed by atoms with van der Waals surface area (Å²) in [5, 5.41) is 2.97. The van der Waals surface area contributed by atoms with Crippen LogP contribution < -0.4 is 11.1 Å². The largest absolute Gasteiger partial charge is 0.384 e. The molecule has 0 radical (unpaired) electrons. The minimum atomic E-state index is -0.282. The van der Waals surface area contributed by atoms with E-state index < -0.39 is 0 Å². The molecule has 7 heteroatoms. The summed E-state index contributed by atoms with van der Waals surface area (Å²) in [6.07, 6.45) is 0.797. The van der Waals surface area contributed by atoms with Gasteiger partial charge in [0.25, 0.3) is 5.91 Å². The van der Waals surface area contributed by atoms with Crippen LogP contribution in [0.15, 0.2) is 48.5 Å². The molecular weight excluding hydrogens is 378 g/mol. The zero-order valence-corrected chi connectivity index (χ0v) is 17.1. The molecule has 0 aliphatic rings. The average Bonchev–Trinajstić information content (AvgIpc) is 3.02. The fourth-order valence-corrected chi connectivity index (χ4v) is 3.39. The number of rotatable bonds is 5. The number of aromatic nitrogens is 3. The molecule has 2 aromatic carbocycles. The number of carbonyl (C=O) groups is 2. The summed E-state index contributed by atoms with van der Waals surface area (Å²) in [6.45, 7) is 5.46. The van der Waals surface area contributed by atoms with Gasteiger partial charge in [-0.2, -0.15) is 0 Å². The van der Waals surface area contributed by atoms with E-state index in [4.69, 9.17) is 15.7 Å². The maximum absolute atomic E-state index is 13.1. The summed E-state index contributed by atoms with van der Waals surface area (Å²) in [5.41, 5.74) is 10.4. The Morgan fingerprint density at radius 2 is 1.70 bits per heavy atom. The number of carbonyl (C=O) groups excluding carboxylic acids is 2. The normalized spacial score (nSPS) is 12.2. The van der Waals surface area contributed by atoms with E-state index in [1.165, 1.54) is 6.92 Å². The summed E-state index contributed by atoms with van der Waals surface area (Å²) >= 11 is 0. The van der Waals surface area contributed by atoms with Crippen molar-refractivity contribution in [2.45, 2.75) is 33.2 Å². The molecule has 4 rings (SSSR count). The molecule has 2 aromatic heterocycles. The van der Waals surface area contributed by atoms with Crippen LogP contribution in [0.3, 0.4) is 0 Å². The highest BCUT2D eigenvalue weighted by Crippen LogP contribution is 2.31. The van der Waals surface area contributed by atoms with Crippen molar-refractivity contribution in [3.8, 4) is 5.69 Å². The van der Waals surface area contributed by atoms with Gasteiger partial charge in [-0.15, -0.1) is 0 Å². The number of benzene rings is 2. The second-order valence-electron chi connectivity index (χ2n) is 7.37. The van der Waals surface area contributed by atoms with Crippen molar-refractivity contribution >= 4 is 39.7 Å². The smallest absolute Gasteiger partial charge is 0.257 e. The van der Waals surface area contributed by atoms with E-state index in [0.29, 0.717) is 39.0 Å². The standard InChI is InChI=1S/C23H23N5O2/c1-4-13(2)25-23(30)19-20-22(27-18-8-6-5-7-17(18)26-20)28(21(19)24)16-11-9-15(10-12-16)14(3)29/h5-13H,4,24H2,1-3H3,(H,25,30)/t13-/m1/s1. The van der Waals surface area contributed by atoms with Crippen LogP contribution >= 0.6 is 0 Å². The third-order valence-corrected chi connectivity index (χ3v) is 5.25. The van der Waals surface area contributed by atoms with E-state index >= 15 is 0 Å². The highest BCUT2D eigenvalue weighted by atomic mass is 16.1. The van der Waals surface area contributed by atoms with Crippen LogP contribution in [0.1, 0.15) is 47.9 Å². The minimum absolute atomic E-state index is 0.00133. The number of Topliss-reactive ketones (excluding diaryl/α,β-unsaturated/α-hetero) is 1. The van der Waals surface area contributed by atoms with Gasteiger partial charge in [-0.1, -0.05) is 19.1 Å². The van der Waals surface area contributed by atoms with Gasteiger partial charge in [0.1, 0.15) is 16.9 Å². The molecule has 152 valence electrons. The third-order valence-electron chi connectivity index (χ3n) is 5.25. The summed E-state index contributed by atoms with van der Waals surface area (Å²) in [7, 11) is 0. The van der Waals surface area contributed by atoms with Gasteiger partial charge in [0.15, 0.2) is 11.4 Å². The van der Waals surface area contributed by atoms with E-state index in [-0.39, 0.29) is 23.6 Å². The molecule has 1 amide bonds. The molecule has 2 heterocycles. The number of nitrogens with two attached hydrogens (primary N) is 1. The highest BCUT2D eigenvalue weighted by Gasteiger charge is 2.25. The molecule has 0 saturated carbocycles. The van der Waals surface area contributed by atoms with E-state index in [9.17, 15) is 9.59 Å². The topological polar surface area (TPSA) is 103 Å². The Hall–Kier alpha value is -3.74. The zero-order valence-electron chi connectivity index (χ0n) is 17.1. The Morgan fingerprint density at radius 1 is 1.07 bits per heavy atom. The molecule has 0 bridgehead atoms. The van der Waals surface area contributed by atoms with E-state index in [2.05, 4.69) is 5.32 Å². The first kappa shape index (κ1) is 19.6. The first-order valence-electron chi connectivity index (χ1n) is 9.89. The number of anilines is 1. The van der Waals surface area contributed by atoms with Crippen LogP contribution in [0.5, 0.6) is 0 Å². The molecule has 0 unspecified atom stereocenters. The molecule has 0 fully saturated rings. The van der Waals surface area contributed by atoms with Crippen molar-refractivity contribution in [2.24, 2.45) is 0 Å². The molecule has 3 N–H and O–H groups in total. The number of nitrogens with zero attached hydrogens (tertiary/aromatic N) is 3. The molecule has 1 atom stereocenters. The Balaban J connectivity index is 1.99. The first-order valence-corrected chi connectivity index (χ1v) is 9.89. The number of hydrogen-bond donors (Lipinski definition) is 2. The van der Waals surface area contributed by atoms with Gasteiger partial charge < -0.3 is 11.1 Å². The number of amides is 1. The zero-order chi connectivity index (χ0) is 21.4. The van der Waals surface area contributed by atoms with Crippen LogP contribution in [0.4, 0.5) is 5.82 Å². The second-order valence-corrected chi connectivity index (χ2v) is 7.37. The number of nitrogen functional groups attached to an aromatic ring is 1. The van der Waals surface area contributed by atoms with Crippen LogP contribution in [-0.2, 0) is 0 Å². The summed E-state index contributed by atoms with van der Waals surface area (Å²) in [6, 6.07) is 14.5. The van der Waals surface area contributed by atoms with Gasteiger partial charge in [0.2, 0.25) is 0 Å². The average molecular weight is 401 g/mol. The predicted octanol–water partition coefficient (Wildman–Crippen LogP) is 3.89. The predicted molar refractivity (Wildman–Crippen MR) is 118 cm³/mol. The Bertz CT molecular complexity index is 1270. The lowest BCUT2D eigenvalue weighted by atomic mass is 10.1. The van der Waals surface area contributed by atoms with Crippen LogP contribution in [-0.4, -0.2) is 32.3 Å². The van der Waals surface area contributed by atoms with Crippen molar-refractivity contribution in [2.75, 3.05) is 5.73 Å². The lowest BCUT2D eigenvalue weighted by molar-refractivity contribution is 0.0940. The number of hydrogen-bond acceptors (Lipinski definition) is 5. The Morgan fingerprint density at radius 3 is 2.30 bits per heavy atom. The van der Waals surface area contributed by atoms with Crippen molar-refractivity contribution < 1.29 is 9.59 Å². The molecule has 0 aliphatic carbocycles. The van der Waals surface area contributed by atoms with Gasteiger partial charge in [0.05, 0.1) is 11.0 Å². The quantitative estimate of drug-likeness (QED) is 0.494. The SMILES string of the molecule is CC[C@@H](C)NC(=O)c1c(N)n(-c2ccc(C(C)=O)cc2)c2nc3ccccc3nc12. The number of para-hydroxylation sites is 2. The number of nitrogens with one attached hydrogen (secondary N) is 1. The molecule has 0 spiro atoms. The third kappa shape index (κ3) is 3.28. The van der Waals surface area contributed by atoms with Crippen molar-refractivity contribution in [1.82, 2.24) is 19.9 Å². The summed E-state index contributed by atoms with van der Waals surface area (Å²) in [4.78, 5) is 34.1. The number of ketones is 1. The highest BCUT2D eigenvalue weighted by molar-refractivity contribution is 6.11. The maximum Gasteiger partial charge on any atom is 0.257 e. The van der Waals surface area contributed by atoms with Gasteiger partial charge in [-0.05, 0) is 56.7 Å². The second kappa shape index (κ2) is 7.59. The van der Waals surface area contributed by atoms with Gasteiger partial charge in [-0.3, -0.25) is 14.2 Å². The monoisotopic (exact) mass is 401 g/mol. The molecular formula is C23H23N5O2. The fraction of sp³-hybridized carbons (Fsp3) is 0.217. The van der Waals surface area contributed by atoms with Crippen molar-refractivity contribution in [3.05, 3.63) is 59.7 Å². The molecule has 0 aliphatic heterocycles. The van der Waals surface area contributed by atoms with Gasteiger partial charge in [0, 0.05) is 17.3 Å². The first-order chi connectivity index (χ1) is 14.4. The fourth-order valence-electron chi connectivity index (χ4n) is 3.39. The minimum Gasteiger partial charge on any atom is -0.384 e. The van der Waals surface area contributed by atoms with Crippen LogP contribution in [0, 0.1) is 0 Å². The summed E-state index contributed by atoms with van der Waals surface area (Å²) in [5.74, 6) is -0.0430. The Kier molecular flexibility index (Phi) is 4.95. The van der Waals surface area contributed by atoms with Crippen molar-refractivity contribution in [1.29, 1.82) is 0 Å². The van der Waals surface area contributed by atoms with E-state index in [1.807, 2.05) is 38.1 Å². The Labute approximate surface area is 173 Å². The molecule has 4 aromatic rings. The molecule has 0 saturated heterocycles. The maximum atomic E-state index is 13.1. The lowest BCUT2D eigenvalue weighted by Crippen LogP contribution is -2.32. The number of fused-ring (bicyclic) bond motifs is 2. The molecule has 7 nitrogen and oxygen atoms in total. The van der Waals surface area contributed by atoms with Crippen molar-refractivity contribution in [3.63, 3.8) is 0 Å².